The average molecular weight is 363 g/mol. The van der Waals surface area contributed by atoms with Crippen LogP contribution in [0.4, 0.5) is 4.79 Å². The predicted molar refractivity (Wildman–Crippen MR) is 96.4 cm³/mol. The highest BCUT2D eigenvalue weighted by molar-refractivity contribution is 5.71. The smallest absolute Gasteiger partial charge is 0.407 e. The minimum atomic E-state index is -0.721. The van der Waals surface area contributed by atoms with Crippen LogP contribution in [-0.2, 0) is 4.74 Å². The van der Waals surface area contributed by atoms with Crippen LogP contribution in [0.15, 0.2) is 0 Å². The van der Waals surface area contributed by atoms with E-state index in [1.807, 2.05) is 0 Å². The van der Waals surface area contributed by atoms with Crippen molar-refractivity contribution in [3.05, 3.63) is 0 Å². The molecule has 5 rings (SSSR count). The largest absolute Gasteiger partial charge is 0.447 e. The first-order valence-corrected chi connectivity index (χ1v) is 10.6. The fraction of sp³-hybridized carbons (Fsp3) is 0.952. The molecule has 0 aromatic heterocycles. The number of aliphatic hydroxyl groups excluding tert-OH is 1. The maximum atomic E-state index is 12.1. The number of ether oxygens (including phenoxy) is 1. The number of hydrogen-bond acceptors (Lipinski definition) is 4. The number of rotatable bonds is 0. The van der Waals surface area contributed by atoms with Crippen LogP contribution < -0.4 is 5.32 Å². The highest BCUT2D eigenvalue weighted by atomic mass is 16.6. The summed E-state index contributed by atoms with van der Waals surface area (Å²) in [5.74, 6) is 1.42. The fourth-order valence-corrected chi connectivity index (χ4v) is 8.23. The van der Waals surface area contributed by atoms with Gasteiger partial charge < -0.3 is 20.3 Å². The molecule has 5 aliphatic rings. The van der Waals surface area contributed by atoms with Crippen molar-refractivity contribution in [3.8, 4) is 0 Å². The SMILES string of the molecule is C[C@]12CCC3C(CC[C@@H]4C[C@@H](O)CC[C@]34C)[C@@]1(O)CC[C@]21COC(=O)N1. The van der Waals surface area contributed by atoms with E-state index in [2.05, 4.69) is 19.2 Å². The van der Waals surface area contributed by atoms with Crippen LogP contribution >= 0.6 is 0 Å². The summed E-state index contributed by atoms with van der Waals surface area (Å²) in [6.45, 7) is 5.02. The standard InChI is InChI=1S/C21H33NO4/c1-18-7-5-14(23)11-13(18)3-4-16-15(18)6-8-19(2)20(9-10-21(16,19)25)12-26-17(24)22-20/h13-16,23,25H,3-12H2,1-2H3,(H,22,24)/t13-,14+,15?,16?,18+,19-,20+,21+/m1/s1. The molecule has 1 spiro atoms. The van der Waals surface area contributed by atoms with Gasteiger partial charge in [-0.2, -0.15) is 0 Å². The number of aliphatic hydroxyl groups is 2. The molecule has 0 radical (unpaired) electrons. The number of cyclic esters (lactones) is 1. The zero-order valence-electron chi connectivity index (χ0n) is 16.1. The molecule has 1 amide bonds. The van der Waals surface area contributed by atoms with Crippen molar-refractivity contribution < 1.29 is 19.7 Å². The van der Waals surface area contributed by atoms with Crippen molar-refractivity contribution in [1.29, 1.82) is 0 Å². The first-order chi connectivity index (χ1) is 12.2. The normalized spacial score (nSPS) is 58.5. The quantitative estimate of drug-likeness (QED) is 0.618. The molecule has 1 aliphatic heterocycles. The summed E-state index contributed by atoms with van der Waals surface area (Å²) < 4.78 is 5.31. The first-order valence-electron chi connectivity index (χ1n) is 10.6. The monoisotopic (exact) mass is 363 g/mol. The number of hydrogen-bond donors (Lipinski definition) is 3. The Morgan fingerprint density at radius 1 is 1.04 bits per heavy atom. The Hall–Kier alpha value is -0.810. The van der Waals surface area contributed by atoms with Gasteiger partial charge in [-0.05, 0) is 81.0 Å². The van der Waals surface area contributed by atoms with Gasteiger partial charge in [0.05, 0.1) is 17.2 Å². The maximum absolute atomic E-state index is 12.1. The summed E-state index contributed by atoms with van der Waals surface area (Å²) in [5, 5.41) is 25.3. The van der Waals surface area contributed by atoms with Gasteiger partial charge in [0.25, 0.3) is 0 Å². The third kappa shape index (κ3) is 1.87. The average Bonchev–Trinajstić information content (AvgIpc) is 3.09. The van der Waals surface area contributed by atoms with Gasteiger partial charge in [-0.25, -0.2) is 4.79 Å². The van der Waals surface area contributed by atoms with E-state index >= 15 is 0 Å². The molecule has 8 atom stereocenters. The van der Waals surface area contributed by atoms with Crippen molar-refractivity contribution >= 4 is 6.09 Å². The number of carbonyl (C=O) groups excluding carboxylic acids is 1. The molecule has 0 bridgehead atoms. The molecule has 4 aliphatic carbocycles. The van der Waals surface area contributed by atoms with Crippen LogP contribution in [0.5, 0.6) is 0 Å². The number of fused-ring (bicyclic) bond motifs is 6. The minimum absolute atomic E-state index is 0.137. The van der Waals surface area contributed by atoms with Gasteiger partial charge >= 0.3 is 6.09 Å². The number of carbonyl (C=O) groups is 1. The molecule has 5 heteroatoms. The second-order valence-electron chi connectivity index (χ2n) is 10.5. The Bertz CT molecular complexity index is 640. The maximum Gasteiger partial charge on any atom is 0.407 e. The Balaban J connectivity index is 1.50. The Kier molecular flexibility index (Phi) is 3.44. The van der Waals surface area contributed by atoms with Gasteiger partial charge in [0.1, 0.15) is 6.61 Å². The lowest BCUT2D eigenvalue weighted by molar-refractivity contribution is -0.214. The van der Waals surface area contributed by atoms with Crippen LogP contribution in [0.1, 0.15) is 71.6 Å². The predicted octanol–water partition coefficient (Wildman–Crippen LogP) is 2.98. The van der Waals surface area contributed by atoms with E-state index in [1.54, 1.807) is 0 Å². The fourth-order valence-electron chi connectivity index (χ4n) is 8.23. The number of alkyl carbamates (subject to hydrolysis) is 1. The third-order valence-electron chi connectivity index (χ3n) is 9.97. The third-order valence-corrected chi connectivity index (χ3v) is 9.97. The van der Waals surface area contributed by atoms with E-state index in [0.29, 0.717) is 24.4 Å². The molecule has 1 saturated heterocycles. The molecule has 5 nitrogen and oxygen atoms in total. The highest BCUT2D eigenvalue weighted by Crippen LogP contribution is 2.70. The first kappa shape index (κ1) is 17.3. The molecule has 3 N–H and O–H groups in total. The summed E-state index contributed by atoms with van der Waals surface area (Å²) >= 11 is 0. The van der Waals surface area contributed by atoms with E-state index in [4.69, 9.17) is 4.74 Å². The zero-order valence-corrected chi connectivity index (χ0v) is 16.1. The van der Waals surface area contributed by atoms with Gasteiger partial charge in [-0.15, -0.1) is 0 Å². The lowest BCUT2D eigenvalue weighted by atomic mass is 9.43. The summed E-state index contributed by atoms with van der Waals surface area (Å²) in [6.07, 6.45) is 8.25. The molecule has 0 aromatic rings. The molecular weight excluding hydrogens is 330 g/mol. The number of amides is 1. The van der Waals surface area contributed by atoms with Gasteiger partial charge in [0.2, 0.25) is 0 Å². The lowest BCUT2D eigenvalue weighted by Crippen LogP contribution is -2.67. The Morgan fingerprint density at radius 2 is 1.85 bits per heavy atom. The van der Waals surface area contributed by atoms with E-state index in [1.165, 1.54) is 0 Å². The van der Waals surface area contributed by atoms with Crippen LogP contribution in [0.2, 0.25) is 0 Å². The summed E-state index contributed by atoms with van der Waals surface area (Å²) in [6, 6.07) is 0. The van der Waals surface area contributed by atoms with E-state index in [0.717, 1.165) is 57.8 Å². The van der Waals surface area contributed by atoms with Crippen LogP contribution in [-0.4, -0.2) is 40.2 Å². The molecule has 2 unspecified atom stereocenters. The second kappa shape index (κ2) is 5.16. The minimum Gasteiger partial charge on any atom is -0.447 e. The van der Waals surface area contributed by atoms with Crippen molar-refractivity contribution in [2.45, 2.75) is 88.9 Å². The van der Waals surface area contributed by atoms with Gasteiger partial charge in [-0.3, -0.25) is 0 Å². The van der Waals surface area contributed by atoms with Crippen LogP contribution in [0.25, 0.3) is 0 Å². The molecular formula is C21H33NO4. The molecule has 146 valence electrons. The van der Waals surface area contributed by atoms with Crippen molar-refractivity contribution in [1.82, 2.24) is 5.32 Å². The van der Waals surface area contributed by atoms with Crippen molar-refractivity contribution in [2.24, 2.45) is 28.6 Å². The van der Waals surface area contributed by atoms with Crippen LogP contribution in [0.3, 0.4) is 0 Å². The summed E-state index contributed by atoms with van der Waals surface area (Å²) in [5.41, 5.74) is -1.19. The van der Waals surface area contributed by atoms with Crippen molar-refractivity contribution in [2.75, 3.05) is 6.61 Å². The van der Waals surface area contributed by atoms with Gasteiger partial charge in [0.15, 0.2) is 0 Å². The van der Waals surface area contributed by atoms with Crippen LogP contribution in [0, 0.1) is 28.6 Å². The van der Waals surface area contributed by atoms with E-state index in [9.17, 15) is 15.0 Å². The van der Waals surface area contributed by atoms with Gasteiger partial charge in [0, 0.05) is 5.41 Å². The van der Waals surface area contributed by atoms with Gasteiger partial charge in [-0.1, -0.05) is 13.8 Å². The molecule has 4 saturated carbocycles. The lowest BCUT2D eigenvalue weighted by Gasteiger charge is -2.64. The Labute approximate surface area is 155 Å². The zero-order chi connectivity index (χ0) is 18.4. The molecule has 1 heterocycles. The number of nitrogens with one attached hydrogen (secondary N) is 1. The molecule has 5 fully saturated rings. The molecule has 26 heavy (non-hydrogen) atoms. The summed E-state index contributed by atoms with van der Waals surface area (Å²) in [7, 11) is 0. The second-order valence-corrected chi connectivity index (χ2v) is 10.5. The van der Waals surface area contributed by atoms with Crippen molar-refractivity contribution in [3.63, 3.8) is 0 Å². The van der Waals surface area contributed by atoms with E-state index in [-0.39, 0.29) is 23.0 Å². The Morgan fingerprint density at radius 3 is 2.58 bits per heavy atom. The highest BCUT2D eigenvalue weighted by Gasteiger charge is 2.73. The molecule has 0 aromatic carbocycles. The topological polar surface area (TPSA) is 78.8 Å². The summed E-state index contributed by atoms with van der Waals surface area (Å²) in [4.78, 5) is 11.8. The van der Waals surface area contributed by atoms with E-state index < -0.39 is 11.1 Å².